The van der Waals surface area contributed by atoms with Gasteiger partial charge in [0, 0.05) is 12.3 Å². The summed E-state index contributed by atoms with van der Waals surface area (Å²) < 4.78 is 18.3. The van der Waals surface area contributed by atoms with Crippen molar-refractivity contribution in [3.05, 3.63) is 53.6 Å². The van der Waals surface area contributed by atoms with Crippen LogP contribution in [0, 0.1) is 17.1 Å². The van der Waals surface area contributed by atoms with E-state index >= 15 is 0 Å². The van der Waals surface area contributed by atoms with Crippen LogP contribution in [0.1, 0.15) is 16.1 Å². The van der Waals surface area contributed by atoms with Crippen LogP contribution in [0.5, 0.6) is 11.5 Å². The number of hydrogen-bond acceptors (Lipinski definition) is 4. The van der Waals surface area contributed by atoms with Gasteiger partial charge in [0.1, 0.15) is 34.6 Å². The van der Waals surface area contributed by atoms with E-state index in [1.807, 2.05) is 6.07 Å². The minimum absolute atomic E-state index is 0.0102. The molecule has 0 bridgehead atoms. The Morgan fingerprint density at radius 1 is 1.37 bits per heavy atom. The van der Waals surface area contributed by atoms with Crippen molar-refractivity contribution >= 4 is 5.97 Å². The van der Waals surface area contributed by atoms with E-state index in [2.05, 4.69) is 4.98 Å². The van der Waals surface area contributed by atoms with E-state index < -0.39 is 11.8 Å². The van der Waals surface area contributed by atoms with Gasteiger partial charge in [-0.25, -0.2) is 14.2 Å². The van der Waals surface area contributed by atoms with Crippen molar-refractivity contribution < 1.29 is 19.0 Å². The first-order valence-corrected chi connectivity index (χ1v) is 5.17. The quantitative estimate of drug-likeness (QED) is 0.914. The molecule has 1 heterocycles. The van der Waals surface area contributed by atoms with Crippen LogP contribution in [-0.4, -0.2) is 16.1 Å². The molecule has 2 rings (SSSR count). The smallest absolute Gasteiger partial charge is 0.339 e. The van der Waals surface area contributed by atoms with E-state index in [4.69, 9.17) is 15.1 Å². The number of carboxylic acid groups (broad SMARTS) is 1. The normalized spacial score (nSPS) is 9.68. The molecule has 5 nitrogen and oxygen atoms in total. The number of nitriles is 1. The van der Waals surface area contributed by atoms with Gasteiger partial charge in [-0.1, -0.05) is 0 Å². The molecule has 6 heteroatoms. The number of aromatic carboxylic acids is 1. The van der Waals surface area contributed by atoms with Gasteiger partial charge in [0.25, 0.3) is 0 Å². The number of nitrogens with zero attached hydrogens (tertiary/aromatic N) is 2. The summed E-state index contributed by atoms with van der Waals surface area (Å²) in [7, 11) is 0. The standard InChI is InChI=1S/C13H7FN2O3/c14-8-1-2-12(11(5-8)13(17)18)19-10-3-4-16-9(6-10)7-15/h1-6H,(H,17,18). The summed E-state index contributed by atoms with van der Waals surface area (Å²) in [4.78, 5) is 14.7. The number of halogens is 1. The Morgan fingerprint density at radius 2 is 2.16 bits per heavy atom. The van der Waals surface area contributed by atoms with E-state index in [9.17, 15) is 9.18 Å². The molecular weight excluding hydrogens is 251 g/mol. The van der Waals surface area contributed by atoms with Crippen molar-refractivity contribution in [3.8, 4) is 17.6 Å². The third kappa shape index (κ3) is 2.84. The Morgan fingerprint density at radius 3 is 2.84 bits per heavy atom. The first-order chi connectivity index (χ1) is 9.10. The number of ether oxygens (including phenoxy) is 1. The van der Waals surface area contributed by atoms with Gasteiger partial charge in [-0.05, 0) is 24.3 Å². The maximum atomic E-state index is 13.0. The summed E-state index contributed by atoms with van der Waals surface area (Å²) in [6.45, 7) is 0. The Hall–Kier alpha value is -2.94. The Balaban J connectivity index is 2.38. The van der Waals surface area contributed by atoms with Crippen molar-refractivity contribution in [2.45, 2.75) is 0 Å². The first-order valence-electron chi connectivity index (χ1n) is 5.17. The lowest BCUT2D eigenvalue weighted by Crippen LogP contribution is -2.01. The van der Waals surface area contributed by atoms with Crippen LogP contribution in [0.4, 0.5) is 4.39 Å². The van der Waals surface area contributed by atoms with E-state index in [0.29, 0.717) is 0 Å². The number of hydrogen-bond donors (Lipinski definition) is 1. The molecule has 0 aliphatic heterocycles. The minimum Gasteiger partial charge on any atom is -0.478 e. The summed E-state index contributed by atoms with van der Waals surface area (Å²) in [5.74, 6) is -1.73. The molecule has 1 aromatic carbocycles. The molecule has 19 heavy (non-hydrogen) atoms. The lowest BCUT2D eigenvalue weighted by atomic mass is 10.2. The summed E-state index contributed by atoms with van der Waals surface area (Å²) in [6, 6.07) is 7.83. The summed E-state index contributed by atoms with van der Waals surface area (Å²) >= 11 is 0. The number of carboxylic acids is 1. The van der Waals surface area contributed by atoms with Crippen LogP contribution in [0.15, 0.2) is 36.5 Å². The molecule has 1 aromatic heterocycles. The molecule has 0 fully saturated rings. The van der Waals surface area contributed by atoms with Crippen molar-refractivity contribution in [2.75, 3.05) is 0 Å². The van der Waals surface area contributed by atoms with Crippen molar-refractivity contribution in [1.29, 1.82) is 5.26 Å². The fraction of sp³-hybridized carbons (Fsp3) is 0. The molecule has 2 aromatic rings. The van der Waals surface area contributed by atoms with Crippen LogP contribution in [0.3, 0.4) is 0 Å². The molecule has 0 spiro atoms. The highest BCUT2D eigenvalue weighted by Crippen LogP contribution is 2.26. The minimum atomic E-state index is -1.30. The second kappa shape index (κ2) is 5.14. The van der Waals surface area contributed by atoms with E-state index in [0.717, 1.165) is 12.1 Å². The van der Waals surface area contributed by atoms with Gasteiger partial charge in [0.15, 0.2) is 0 Å². The van der Waals surface area contributed by atoms with Crippen LogP contribution in [-0.2, 0) is 0 Å². The highest BCUT2D eigenvalue weighted by atomic mass is 19.1. The molecule has 0 radical (unpaired) electrons. The van der Waals surface area contributed by atoms with Gasteiger partial charge in [0.2, 0.25) is 0 Å². The highest BCUT2D eigenvalue weighted by Gasteiger charge is 2.13. The van der Waals surface area contributed by atoms with Gasteiger partial charge < -0.3 is 9.84 Å². The second-order valence-corrected chi connectivity index (χ2v) is 3.54. The summed E-state index contributed by atoms with van der Waals surface area (Å²) in [5.41, 5.74) is -0.160. The van der Waals surface area contributed by atoms with Crippen molar-refractivity contribution in [3.63, 3.8) is 0 Å². The fourth-order valence-corrected chi connectivity index (χ4v) is 1.42. The van der Waals surface area contributed by atoms with Crippen LogP contribution >= 0.6 is 0 Å². The molecule has 0 saturated heterocycles. The van der Waals surface area contributed by atoms with Gasteiger partial charge in [-0.15, -0.1) is 0 Å². The van der Waals surface area contributed by atoms with Gasteiger partial charge in [0.05, 0.1) is 0 Å². The Bertz CT molecular complexity index is 680. The monoisotopic (exact) mass is 258 g/mol. The molecular formula is C13H7FN2O3. The number of aromatic nitrogens is 1. The molecule has 1 N–H and O–H groups in total. The maximum Gasteiger partial charge on any atom is 0.339 e. The lowest BCUT2D eigenvalue weighted by Gasteiger charge is -2.08. The average Bonchev–Trinajstić information content (AvgIpc) is 2.41. The number of carbonyl (C=O) groups is 1. The van der Waals surface area contributed by atoms with Crippen LogP contribution in [0.25, 0.3) is 0 Å². The van der Waals surface area contributed by atoms with E-state index in [1.54, 1.807) is 0 Å². The van der Waals surface area contributed by atoms with Crippen LogP contribution < -0.4 is 4.74 Å². The average molecular weight is 258 g/mol. The van der Waals surface area contributed by atoms with Crippen LogP contribution in [0.2, 0.25) is 0 Å². The second-order valence-electron chi connectivity index (χ2n) is 3.54. The maximum absolute atomic E-state index is 13.0. The third-order valence-corrected chi connectivity index (χ3v) is 2.25. The topological polar surface area (TPSA) is 83.2 Å². The lowest BCUT2D eigenvalue weighted by molar-refractivity contribution is 0.0693. The molecule has 0 aliphatic carbocycles. The zero-order chi connectivity index (χ0) is 13.8. The molecule has 0 aliphatic rings. The fourth-order valence-electron chi connectivity index (χ4n) is 1.42. The number of benzene rings is 1. The zero-order valence-corrected chi connectivity index (χ0v) is 9.50. The largest absolute Gasteiger partial charge is 0.478 e. The van der Waals surface area contributed by atoms with E-state index in [1.165, 1.54) is 24.4 Å². The SMILES string of the molecule is N#Cc1cc(Oc2ccc(F)cc2C(=O)O)ccn1. The summed E-state index contributed by atoms with van der Waals surface area (Å²) in [5, 5.41) is 17.7. The molecule has 0 amide bonds. The number of pyridine rings is 1. The summed E-state index contributed by atoms with van der Waals surface area (Å²) in [6.07, 6.45) is 1.36. The molecule has 0 saturated carbocycles. The Labute approximate surface area is 107 Å². The predicted octanol–water partition coefficient (Wildman–Crippen LogP) is 2.58. The van der Waals surface area contributed by atoms with Crippen molar-refractivity contribution in [2.24, 2.45) is 0 Å². The molecule has 94 valence electrons. The number of rotatable bonds is 3. The van der Waals surface area contributed by atoms with Gasteiger partial charge >= 0.3 is 5.97 Å². The van der Waals surface area contributed by atoms with E-state index in [-0.39, 0.29) is 22.8 Å². The molecule has 0 atom stereocenters. The predicted molar refractivity (Wildman–Crippen MR) is 62.4 cm³/mol. The third-order valence-electron chi connectivity index (χ3n) is 2.25. The Kier molecular flexibility index (Phi) is 3.39. The van der Waals surface area contributed by atoms with Gasteiger partial charge in [-0.3, -0.25) is 0 Å². The first kappa shape index (κ1) is 12.5. The highest BCUT2D eigenvalue weighted by molar-refractivity contribution is 5.91. The zero-order valence-electron chi connectivity index (χ0n) is 9.50. The molecule has 0 unspecified atom stereocenters. The van der Waals surface area contributed by atoms with Gasteiger partial charge in [-0.2, -0.15) is 5.26 Å². The van der Waals surface area contributed by atoms with Crippen molar-refractivity contribution in [1.82, 2.24) is 4.98 Å².